The number of hydrogen-bond acceptors (Lipinski definition) is 6. The third-order valence-corrected chi connectivity index (χ3v) is 4.03. The summed E-state index contributed by atoms with van der Waals surface area (Å²) in [6, 6.07) is 6.33. The van der Waals surface area contributed by atoms with Crippen LogP contribution in [0.15, 0.2) is 35.7 Å². The number of nitro groups is 1. The van der Waals surface area contributed by atoms with Crippen LogP contribution in [0.25, 0.3) is 0 Å². The van der Waals surface area contributed by atoms with E-state index in [4.69, 9.17) is 0 Å². The maximum Gasteiger partial charge on any atom is 0.269 e. The molecular formula is C11H8N4O3S. The molecule has 1 aliphatic rings. The molecule has 0 saturated carbocycles. The highest BCUT2D eigenvalue weighted by Crippen LogP contribution is 2.41. The average molecular weight is 276 g/mol. The second-order valence-electron chi connectivity index (χ2n) is 4.01. The molecule has 2 aromatic rings. The maximum atomic E-state index is 11.9. The summed E-state index contributed by atoms with van der Waals surface area (Å²) in [7, 11) is 0. The van der Waals surface area contributed by atoms with Crippen molar-refractivity contribution in [1.29, 1.82) is 0 Å². The lowest BCUT2D eigenvalue weighted by Crippen LogP contribution is -2.20. The first-order valence-corrected chi connectivity index (χ1v) is 6.37. The predicted molar refractivity (Wildman–Crippen MR) is 67.0 cm³/mol. The highest BCUT2D eigenvalue weighted by molar-refractivity contribution is 7.99. The van der Waals surface area contributed by atoms with Crippen molar-refractivity contribution >= 4 is 23.4 Å². The standard InChI is InChI=1S/C11H8N4O3S/c16-10-5-9(19-11-12-6-13-14(10)11)7-2-1-3-8(4-7)15(17)18/h1-4,6,9H,5H2. The summed E-state index contributed by atoms with van der Waals surface area (Å²) in [6.45, 7) is 0. The van der Waals surface area contributed by atoms with Crippen LogP contribution in [0.3, 0.4) is 0 Å². The van der Waals surface area contributed by atoms with E-state index in [1.165, 1.54) is 34.9 Å². The van der Waals surface area contributed by atoms with Gasteiger partial charge in [-0.2, -0.15) is 9.78 Å². The number of benzene rings is 1. The van der Waals surface area contributed by atoms with Crippen molar-refractivity contribution in [1.82, 2.24) is 14.8 Å². The summed E-state index contributed by atoms with van der Waals surface area (Å²) < 4.78 is 1.26. The van der Waals surface area contributed by atoms with Crippen LogP contribution in [0.4, 0.5) is 5.69 Å². The smallest absolute Gasteiger partial charge is 0.269 e. The first-order valence-electron chi connectivity index (χ1n) is 5.49. The van der Waals surface area contributed by atoms with E-state index in [0.717, 1.165) is 5.56 Å². The summed E-state index contributed by atoms with van der Waals surface area (Å²) in [5.74, 6) is -0.150. The van der Waals surface area contributed by atoms with Crippen molar-refractivity contribution in [2.45, 2.75) is 16.8 Å². The van der Waals surface area contributed by atoms with Gasteiger partial charge < -0.3 is 0 Å². The Morgan fingerprint density at radius 2 is 2.32 bits per heavy atom. The number of nitro benzene ring substituents is 1. The van der Waals surface area contributed by atoms with Crippen molar-refractivity contribution in [3.8, 4) is 0 Å². The van der Waals surface area contributed by atoms with Crippen molar-refractivity contribution < 1.29 is 9.72 Å². The van der Waals surface area contributed by atoms with Crippen LogP contribution in [-0.4, -0.2) is 25.6 Å². The number of thioether (sulfide) groups is 1. The normalized spacial score (nSPS) is 18.1. The summed E-state index contributed by atoms with van der Waals surface area (Å²) in [6.07, 6.45) is 1.58. The molecule has 0 N–H and O–H groups in total. The second-order valence-corrected chi connectivity index (χ2v) is 5.18. The van der Waals surface area contributed by atoms with Gasteiger partial charge in [-0.15, -0.1) is 0 Å². The highest BCUT2D eigenvalue weighted by Gasteiger charge is 2.29. The lowest BCUT2D eigenvalue weighted by Gasteiger charge is -2.20. The molecule has 0 saturated heterocycles. The molecule has 2 heterocycles. The molecule has 7 nitrogen and oxygen atoms in total. The Morgan fingerprint density at radius 1 is 1.47 bits per heavy atom. The molecule has 0 aliphatic carbocycles. The van der Waals surface area contributed by atoms with Crippen LogP contribution < -0.4 is 0 Å². The number of carbonyl (C=O) groups excluding carboxylic acids is 1. The van der Waals surface area contributed by atoms with E-state index in [9.17, 15) is 14.9 Å². The molecule has 1 aliphatic heterocycles. The molecule has 0 radical (unpaired) electrons. The second kappa shape index (κ2) is 4.47. The zero-order valence-corrected chi connectivity index (χ0v) is 10.4. The monoisotopic (exact) mass is 276 g/mol. The Kier molecular flexibility index (Phi) is 2.79. The van der Waals surface area contributed by atoms with Gasteiger partial charge in [-0.1, -0.05) is 23.9 Å². The van der Waals surface area contributed by atoms with Gasteiger partial charge in [0.25, 0.3) is 11.6 Å². The van der Waals surface area contributed by atoms with Crippen LogP contribution in [0.1, 0.15) is 22.0 Å². The largest absolute Gasteiger partial charge is 0.272 e. The first kappa shape index (κ1) is 11.8. The van der Waals surface area contributed by atoms with Crippen molar-refractivity contribution in [3.63, 3.8) is 0 Å². The molecule has 0 amide bonds. The van der Waals surface area contributed by atoms with Gasteiger partial charge in [0.05, 0.1) is 4.92 Å². The van der Waals surface area contributed by atoms with E-state index >= 15 is 0 Å². The number of non-ortho nitro benzene ring substituents is 1. The third-order valence-electron chi connectivity index (χ3n) is 2.81. The Bertz CT molecular complexity index is 669. The third kappa shape index (κ3) is 2.10. The molecule has 1 atom stereocenters. The number of fused-ring (bicyclic) bond motifs is 1. The molecule has 0 spiro atoms. The molecule has 1 aromatic carbocycles. The molecule has 8 heteroatoms. The van der Waals surface area contributed by atoms with E-state index < -0.39 is 4.92 Å². The molecule has 1 unspecified atom stereocenters. The summed E-state index contributed by atoms with van der Waals surface area (Å²) in [5, 5.41) is 15.0. The Labute approximate surface area is 111 Å². The predicted octanol–water partition coefficient (Wildman–Crippen LogP) is 2.06. The molecule has 96 valence electrons. The van der Waals surface area contributed by atoms with Gasteiger partial charge in [0, 0.05) is 23.8 Å². The number of carbonyl (C=O) groups is 1. The fourth-order valence-electron chi connectivity index (χ4n) is 1.92. The Balaban J connectivity index is 1.94. The Morgan fingerprint density at radius 3 is 3.11 bits per heavy atom. The van der Waals surface area contributed by atoms with E-state index in [0.29, 0.717) is 5.16 Å². The number of aromatic nitrogens is 3. The number of rotatable bonds is 2. The fraction of sp³-hybridized carbons (Fsp3) is 0.182. The Hall–Kier alpha value is -2.22. The quantitative estimate of drug-likeness (QED) is 0.616. The van der Waals surface area contributed by atoms with E-state index in [1.54, 1.807) is 12.1 Å². The van der Waals surface area contributed by atoms with Crippen LogP contribution in [0.5, 0.6) is 0 Å². The van der Waals surface area contributed by atoms with E-state index in [-0.39, 0.29) is 23.3 Å². The molecule has 0 bridgehead atoms. The number of hydrogen-bond donors (Lipinski definition) is 0. The maximum absolute atomic E-state index is 11.9. The van der Waals surface area contributed by atoms with E-state index in [1.807, 2.05) is 0 Å². The average Bonchev–Trinajstić information content (AvgIpc) is 2.87. The first-order chi connectivity index (χ1) is 9.15. The summed E-state index contributed by atoms with van der Waals surface area (Å²) >= 11 is 1.39. The van der Waals surface area contributed by atoms with Crippen molar-refractivity contribution in [2.75, 3.05) is 0 Å². The fourth-order valence-corrected chi connectivity index (χ4v) is 3.04. The highest BCUT2D eigenvalue weighted by atomic mass is 32.2. The SMILES string of the molecule is O=C1CC(c2cccc([N+](=O)[O-])c2)Sc2ncnn21. The summed E-state index contributed by atoms with van der Waals surface area (Å²) in [4.78, 5) is 26.2. The van der Waals surface area contributed by atoms with E-state index in [2.05, 4.69) is 10.1 Å². The summed E-state index contributed by atoms with van der Waals surface area (Å²) in [5.41, 5.74) is 0.777. The molecule has 1 aromatic heterocycles. The van der Waals surface area contributed by atoms with Gasteiger partial charge >= 0.3 is 0 Å². The molecule has 3 rings (SSSR count). The van der Waals surface area contributed by atoms with Crippen LogP contribution in [0, 0.1) is 10.1 Å². The van der Waals surface area contributed by atoms with Gasteiger partial charge in [0.15, 0.2) is 5.16 Å². The van der Waals surface area contributed by atoms with Crippen LogP contribution in [0.2, 0.25) is 0 Å². The zero-order valence-electron chi connectivity index (χ0n) is 9.59. The lowest BCUT2D eigenvalue weighted by molar-refractivity contribution is -0.384. The van der Waals surface area contributed by atoms with Gasteiger partial charge in [-0.3, -0.25) is 14.9 Å². The minimum atomic E-state index is -0.443. The zero-order chi connectivity index (χ0) is 13.4. The number of nitrogens with zero attached hydrogens (tertiary/aromatic N) is 4. The molecule has 19 heavy (non-hydrogen) atoms. The van der Waals surface area contributed by atoms with Gasteiger partial charge in [-0.25, -0.2) is 4.98 Å². The topological polar surface area (TPSA) is 90.9 Å². The van der Waals surface area contributed by atoms with Crippen LogP contribution in [-0.2, 0) is 0 Å². The molecule has 0 fully saturated rings. The molecular weight excluding hydrogens is 268 g/mol. The van der Waals surface area contributed by atoms with Gasteiger partial charge in [-0.05, 0) is 5.56 Å². The minimum absolute atomic E-state index is 0.0255. The minimum Gasteiger partial charge on any atom is -0.272 e. The lowest BCUT2D eigenvalue weighted by atomic mass is 10.1. The van der Waals surface area contributed by atoms with Gasteiger partial charge in [0.2, 0.25) is 0 Å². The van der Waals surface area contributed by atoms with Crippen molar-refractivity contribution in [3.05, 3.63) is 46.3 Å². The van der Waals surface area contributed by atoms with Crippen molar-refractivity contribution in [2.24, 2.45) is 0 Å². The van der Waals surface area contributed by atoms with Crippen LogP contribution >= 0.6 is 11.8 Å². The van der Waals surface area contributed by atoms with Gasteiger partial charge in [0.1, 0.15) is 6.33 Å².